The van der Waals surface area contributed by atoms with Crippen molar-refractivity contribution in [3.05, 3.63) is 35.4 Å². The van der Waals surface area contributed by atoms with Crippen LogP contribution >= 0.6 is 0 Å². The number of benzene rings is 1. The zero-order valence-corrected chi connectivity index (χ0v) is 13.0. The minimum absolute atomic E-state index is 0.252. The fourth-order valence-electron chi connectivity index (χ4n) is 3.82. The molecule has 1 aliphatic rings. The van der Waals surface area contributed by atoms with Crippen LogP contribution in [-0.4, -0.2) is 6.54 Å². The van der Waals surface area contributed by atoms with E-state index in [0.717, 1.165) is 6.54 Å². The lowest BCUT2D eigenvalue weighted by Crippen LogP contribution is -2.53. The summed E-state index contributed by atoms with van der Waals surface area (Å²) in [6.07, 6.45) is 5.11. The van der Waals surface area contributed by atoms with E-state index in [0.29, 0.717) is 11.3 Å². The molecule has 1 fully saturated rings. The molecule has 1 aromatic carbocycles. The van der Waals surface area contributed by atoms with E-state index in [4.69, 9.17) is 5.73 Å². The first-order chi connectivity index (χ1) is 9.01. The molecule has 2 N–H and O–H groups in total. The zero-order chi connectivity index (χ0) is 14.1. The minimum Gasteiger partial charge on any atom is -0.330 e. The zero-order valence-electron chi connectivity index (χ0n) is 13.0. The summed E-state index contributed by atoms with van der Waals surface area (Å²) in [4.78, 5) is 0. The molecule has 0 heterocycles. The van der Waals surface area contributed by atoms with Gasteiger partial charge in [-0.25, -0.2) is 0 Å². The van der Waals surface area contributed by atoms with Gasteiger partial charge in [0, 0.05) is 12.0 Å². The highest BCUT2D eigenvalue weighted by Crippen LogP contribution is 2.58. The van der Waals surface area contributed by atoms with Crippen LogP contribution in [0.4, 0.5) is 0 Å². The van der Waals surface area contributed by atoms with E-state index in [9.17, 15) is 0 Å². The van der Waals surface area contributed by atoms with Gasteiger partial charge in [0.2, 0.25) is 0 Å². The van der Waals surface area contributed by atoms with E-state index in [-0.39, 0.29) is 5.41 Å². The predicted molar refractivity (Wildman–Crippen MR) is 83.5 cm³/mol. The van der Waals surface area contributed by atoms with Crippen LogP contribution in [-0.2, 0) is 5.41 Å². The first-order valence-electron chi connectivity index (χ1n) is 7.81. The summed E-state index contributed by atoms with van der Waals surface area (Å²) in [5, 5.41) is 0. The van der Waals surface area contributed by atoms with Crippen molar-refractivity contribution in [1.29, 1.82) is 0 Å². The average molecular weight is 259 g/mol. The Morgan fingerprint density at radius 1 is 1.05 bits per heavy atom. The number of hydrogen-bond acceptors (Lipinski definition) is 1. The first-order valence-corrected chi connectivity index (χ1v) is 7.81. The molecule has 0 spiro atoms. The van der Waals surface area contributed by atoms with Crippen LogP contribution in [0.2, 0.25) is 0 Å². The van der Waals surface area contributed by atoms with Crippen LogP contribution in [0.5, 0.6) is 0 Å². The van der Waals surface area contributed by atoms with Crippen molar-refractivity contribution in [3.8, 4) is 0 Å². The molecule has 0 aliphatic heterocycles. The largest absolute Gasteiger partial charge is 0.330 e. The highest BCUT2D eigenvalue weighted by Gasteiger charge is 2.52. The first kappa shape index (κ1) is 14.6. The van der Waals surface area contributed by atoms with Gasteiger partial charge in [0.1, 0.15) is 0 Å². The summed E-state index contributed by atoms with van der Waals surface area (Å²) in [7, 11) is 0. The van der Waals surface area contributed by atoms with E-state index in [1.165, 1.54) is 36.8 Å². The Labute approximate surface area is 118 Å². The second-order valence-corrected chi connectivity index (χ2v) is 6.82. The van der Waals surface area contributed by atoms with Crippen molar-refractivity contribution in [3.63, 3.8) is 0 Å². The van der Waals surface area contributed by atoms with Gasteiger partial charge in [0.15, 0.2) is 0 Å². The monoisotopic (exact) mass is 259 g/mol. The standard InChI is InChI=1S/C18H29N/c1-5-17(6-2)11-18(12-17,13-19)16-9-7-15(8-10-16)14(3)4/h7-10,14H,5-6,11-13,19H2,1-4H3. The lowest BCUT2D eigenvalue weighted by Gasteiger charge is -2.56. The normalized spacial score (nSPS) is 20.3. The van der Waals surface area contributed by atoms with Gasteiger partial charge >= 0.3 is 0 Å². The molecule has 1 nitrogen and oxygen atoms in total. The second-order valence-electron chi connectivity index (χ2n) is 6.82. The van der Waals surface area contributed by atoms with E-state index in [1.54, 1.807) is 0 Å². The fraction of sp³-hybridized carbons (Fsp3) is 0.667. The number of hydrogen-bond donors (Lipinski definition) is 1. The molecule has 0 amide bonds. The topological polar surface area (TPSA) is 26.0 Å². The summed E-state index contributed by atoms with van der Waals surface area (Å²) in [5.74, 6) is 0.606. The minimum atomic E-state index is 0.252. The Kier molecular flexibility index (Phi) is 4.06. The summed E-state index contributed by atoms with van der Waals surface area (Å²) in [6.45, 7) is 9.93. The van der Waals surface area contributed by atoms with E-state index >= 15 is 0 Å². The van der Waals surface area contributed by atoms with Gasteiger partial charge in [-0.15, -0.1) is 0 Å². The van der Waals surface area contributed by atoms with Gasteiger partial charge in [-0.05, 0) is 35.3 Å². The van der Waals surface area contributed by atoms with Crippen LogP contribution in [0.15, 0.2) is 24.3 Å². The molecule has 2 rings (SSSR count). The second kappa shape index (κ2) is 5.28. The van der Waals surface area contributed by atoms with Crippen molar-refractivity contribution < 1.29 is 0 Å². The quantitative estimate of drug-likeness (QED) is 0.821. The third-order valence-electron chi connectivity index (χ3n) is 5.51. The molecule has 1 aliphatic carbocycles. The molecule has 1 aromatic rings. The maximum atomic E-state index is 6.13. The maximum Gasteiger partial charge on any atom is 0.00861 e. The highest BCUT2D eigenvalue weighted by atomic mass is 14.7. The summed E-state index contributed by atoms with van der Waals surface area (Å²) in [5.41, 5.74) is 9.81. The predicted octanol–water partition coefficient (Wildman–Crippen LogP) is 4.61. The molecular formula is C18H29N. The molecule has 106 valence electrons. The Morgan fingerprint density at radius 3 is 1.95 bits per heavy atom. The summed E-state index contributed by atoms with van der Waals surface area (Å²) < 4.78 is 0. The van der Waals surface area contributed by atoms with Crippen LogP contribution < -0.4 is 5.73 Å². The fourth-order valence-corrected chi connectivity index (χ4v) is 3.82. The maximum absolute atomic E-state index is 6.13. The molecule has 1 saturated carbocycles. The van der Waals surface area contributed by atoms with Gasteiger partial charge in [0.05, 0.1) is 0 Å². The Bertz CT molecular complexity index is 404. The molecular weight excluding hydrogens is 230 g/mol. The summed E-state index contributed by atoms with van der Waals surface area (Å²) in [6, 6.07) is 9.21. The number of rotatable bonds is 5. The van der Waals surface area contributed by atoms with E-state index in [2.05, 4.69) is 52.0 Å². The van der Waals surface area contributed by atoms with Crippen molar-refractivity contribution in [2.75, 3.05) is 6.54 Å². The molecule has 0 radical (unpaired) electrons. The molecule has 0 atom stereocenters. The van der Waals surface area contributed by atoms with E-state index < -0.39 is 0 Å². The van der Waals surface area contributed by atoms with Gasteiger partial charge in [-0.1, -0.05) is 64.8 Å². The SMILES string of the molecule is CCC1(CC)CC(CN)(c2ccc(C(C)C)cc2)C1. The van der Waals surface area contributed by atoms with Crippen LogP contribution in [0, 0.1) is 5.41 Å². The number of nitrogens with two attached hydrogens (primary N) is 1. The van der Waals surface area contributed by atoms with Crippen LogP contribution in [0.3, 0.4) is 0 Å². The van der Waals surface area contributed by atoms with Gasteiger partial charge in [-0.2, -0.15) is 0 Å². The molecule has 0 unspecified atom stereocenters. The van der Waals surface area contributed by atoms with Crippen molar-refractivity contribution in [2.24, 2.45) is 11.1 Å². The van der Waals surface area contributed by atoms with Gasteiger partial charge in [-0.3, -0.25) is 0 Å². The van der Waals surface area contributed by atoms with E-state index in [1.807, 2.05) is 0 Å². The van der Waals surface area contributed by atoms with Crippen LogP contribution in [0.1, 0.15) is 70.4 Å². The molecule has 0 saturated heterocycles. The van der Waals surface area contributed by atoms with Gasteiger partial charge < -0.3 is 5.73 Å². The van der Waals surface area contributed by atoms with Crippen molar-refractivity contribution >= 4 is 0 Å². The van der Waals surface area contributed by atoms with Crippen molar-refractivity contribution in [1.82, 2.24) is 0 Å². The molecule has 19 heavy (non-hydrogen) atoms. The Balaban J connectivity index is 2.20. The Morgan fingerprint density at radius 2 is 1.58 bits per heavy atom. The lowest BCUT2D eigenvalue weighted by atomic mass is 9.48. The smallest absolute Gasteiger partial charge is 0.00861 e. The average Bonchev–Trinajstić information content (AvgIpc) is 2.40. The Hall–Kier alpha value is -0.820. The van der Waals surface area contributed by atoms with Crippen molar-refractivity contribution in [2.45, 2.75) is 64.7 Å². The lowest BCUT2D eigenvalue weighted by molar-refractivity contribution is 0.0183. The summed E-state index contributed by atoms with van der Waals surface area (Å²) >= 11 is 0. The molecule has 0 bridgehead atoms. The highest BCUT2D eigenvalue weighted by molar-refractivity contribution is 5.34. The molecule has 0 aromatic heterocycles. The third-order valence-corrected chi connectivity index (χ3v) is 5.51. The van der Waals surface area contributed by atoms with Crippen LogP contribution in [0.25, 0.3) is 0 Å². The third kappa shape index (κ3) is 2.45. The van der Waals surface area contributed by atoms with Gasteiger partial charge in [0.25, 0.3) is 0 Å². The molecule has 1 heteroatoms.